The molecule has 2 aliphatic rings. The van der Waals surface area contributed by atoms with E-state index >= 15 is 0 Å². The number of amides is 2. The first-order valence-electron chi connectivity index (χ1n) is 13.4. The van der Waals surface area contributed by atoms with Crippen LogP contribution >= 0.6 is 0 Å². The van der Waals surface area contributed by atoms with Crippen LogP contribution in [0.15, 0.2) is 30.5 Å². The van der Waals surface area contributed by atoms with Crippen LogP contribution in [-0.4, -0.2) is 60.2 Å². The zero-order valence-electron chi connectivity index (χ0n) is 21.6. The van der Waals surface area contributed by atoms with E-state index in [1.807, 2.05) is 0 Å². The lowest BCUT2D eigenvalue weighted by Gasteiger charge is -2.34. The second-order valence-corrected chi connectivity index (χ2v) is 10.2. The van der Waals surface area contributed by atoms with Gasteiger partial charge in [0.25, 0.3) is 0 Å². The quantitative estimate of drug-likeness (QED) is 0.453. The van der Waals surface area contributed by atoms with Crippen molar-refractivity contribution in [2.45, 2.75) is 77.5 Å². The van der Waals surface area contributed by atoms with E-state index in [0.29, 0.717) is 25.6 Å². The lowest BCUT2D eigenvalue weighted by molar-refractivity contribution is -0.138. The summed E-state index contributed by atoms with van der Waals surface area (Å²) in [6.45, 7) is 7.80. The second kappa shape index (κ2) is 12.0. The fraction of sp³-hybridized carbons (Fsp3) is 0.643. The number of para-hydroxylation sites is 1. The van der Waals surface area contributed by atoms with Gasteiger partial charge >= 0.3 is 0 Å². The maximum Gasteiger partial charge on any atom is 0.227 e. The van der Waals surface area contributed by atoms with Crippen molar-refractivity contribution < 1.29 is 14.3 Å². The van der Waals surface area contributed by atoms with Crippen molar-refractivity contribution in [3.8, 4) is 0 Å². The molecule has 2 fully saturated rings. The summed E-state index contributed by atoms with van der Waals surface area (Å²) in [6, 6.07) is 8.82. The minimum absolute atomic E-state index is 0.00884. The standard InChI is InChI=1S/C28H42N4O3/c1-4-20(5-2)27(33)30-23-15-21(16-29-17-23)28(34)32(24-11-12-24)19-22-18-31(13-8-14-35-3)26-10-7-6-9-25(22)26/h6-7,9-10,18,20-21,23-24,29H,4-5,8,11-17,19H2,1-3H3,(H,30,33)/t21?,23-/m1/s1. The SMILES string of the molecule is CCC(CC)C(=O)N[C@H]1CNCC(C(=O)N(Cc2cn(CCCOC)c3ccccc23)C2CC2)C1. The maximum absolute atomic E-state index is 13.8. The first-order valence-corrected chi connectivity index (χ1v) is 13.4. The summed E-state index contributed by atoms with van der Waals surface area (Å²) in [7, 11) is 1.74. The Kier molecular flexibility index (Phi) is 8.84. The van der Waals surface area contributed by atoms with Crippen LogP contribution in [-0.2, 0) is 27.4 Å². The molecule has 7 nitrogen and oxygen atoms in total. The molecule has 2 heterocycles. The Morgan fingerprint density at radius 3 is 2.69 bits per heavy atom. The topological polar surface area (TPSA) is 75.6 Å². The van der Waals surface area contributed by atoms with Crippen LogP contribution in [0.2, 0.25) is 0 Å². The summed E-state index contributed by atoms with van der Waals surface area (Å²) in [5.41, 5.74) is 2.42. The number of ether oxygens (including phenoxy) is 1. The number of rotatable bonds is 12. The predicted octanol–water partition coefficient (Wildman–Crippen LogP) is 3.70. The fourth-order valence-corrected chi connectivity index (χ4v) is 5.42. The average molecular weight is 483 g/mol. The molecule has 1 aliphatic heterocycles. The van der Waals surface area contributed by atoms with E-state index in [1.54, 1.807) is 7.11 Å². The predicted molar refractivity (Wildman–Crippen MR) is 139 cm³/mol. The molecule has 1 aromatic heterocycles. The van der Waals surface area contributed by atoms with E-state index in [2.05, 4.69) is 64.4 Å². The lowest BCUT2D eigenvalue weighted by Crippen LogP contribution is -2.53. The number of nitrogens with one attached hydrogen (secondary N) is 2. The molecule has 1 saturated carbocycles. The van der Waals surface area contributed by atoms with Gasteiger partial charge in [-0.2, -0.15) is 0 Å². The third-order valence-corrected chi connectivity index (χ3v) is 7.63. The molecule has 1 unspecified atom stereocenters. The van der Waals surface area contributed by atoms with Crippen LogP contribution in [0.25, 0.3) is 10.9 Å². The smallest absolute Gasteiger partial charge is 0.227 e. The van der Waals surface area contributed by atoms with Crippen LogP contribution in [0.1, 0.15) is 57.9 Å². The molecule has 4 rings (SSSR count). The van der Waals surface area contributed by atoms with Gasteiger partial charge in [0, 0.05) is 75.0 Å². The van der Waals surface area contributed by atoms with Crippen LogP contribution < -0.4 is 10.6 Å². The van der Waals surface area contributed by atoms with E-state index in [4.69, 9.17) is 4.74 Å². The highest BCUT2D eigenvalue weighted by Crippen LogP contribution is 2.33. The number of benzene rings is 1. The van der Waals surface area contributed by atoms with Crippen LogP contribution in [0.3, 0.4) is 0 Å². The van der Waals surface area contributed by atoms with Crippen LogP contribution in [0.4, 0.5) is 0 Å². The largest absolute Gasteiger partial charge is 0.385 e. The van der Waals surface area contributed by atoms with E-state index < -0.39 is 0 Å². The Morgan fingerprint density at radius 1 is 1.20 bits per heavy atom. The summed E-state index contributed by atoms with van der Waals surface area (Å²) in [5.74, 6) is 0.287. The Balaban J connectivity index is 1.46. The molecule has 192 valence electrons. The number of hydrogen-bond donors (Lipinski definition) is 2. The van der Waals surface area contributed by atoms with E-state index in [1.165, 1.54) is 16.5 Å². The molecule has 0 radical (unpaired) electrons. The Labute approximate surface area is 209 Å². The molecular formula is C28H42N4O3. The first-order chi connectivity index (χ1) is 17.0. The minimum atomic E-state index is -0.105. The molecule has 2 atom stereocenters. The number of carbonyl (C=O) groups is 2. The van der Waals surface area contributed by atoms with Crippen molar-refractivity contribution in [1.29, 1.82) is 0 Å². The number of piperidine rings is 1. The fourth-order valence-electron chi connectivity index (χ4n) is 5.42. The molecule has 1 aromatic carbocycles. The van der Waals surface area contributed by atoms with Crippen LogP contribution in [0.5, 0.6) is 0 Å². The molecule has 2 aromatic rings. The van der Waals surface area contributed by atoms with E-state index in [0.717, 1.165) is 51.8 Å². The van der Waals surface area contributed by atoms with Crippen molar-refractivity contribution in [1.82, 2.24) is 20.1 Å². The third kappa shape index (κ3) is 6.25. The van der Waals surface area contributed by atoms with Crippen molar-refractivity contribution in [3.05, 3.63) is 36.0 Å². The number of fused-ring (bicyclic) bond motifs is 1. The number of nitrogens with zero attached hydrogens (tertiary/aromatic N) is 2. The summed E-state index contributed by atoms with van der Waals surface area (Å²) in [6.07, 6.45) is 7.73. The van der Waals surface area contributed by atoms with E-state index in [9.17, 15) is 9.59 Å². The summed E-state index contributed by atoms with van der Waals surface area (Å²) in [4.78, 5) is 28.5. The zero-order valence-corrected chi connectivity index (χ0v) is 21.6. The number of aryl methyl sites for hydroxylation is 1. The molecule has 1 aliphatic carbocycles. The lowest BCUT2D eigenvalue weighted by atomic mass is 9.93. The van der Waals surface area contributed by atoms with Gasteiger partial charge in [-0.25, -0.2) is 0 Å². The highest BCUT2D eigenvalue weighted by atomic mass is 16.5. The summed E-state index contributed by atoms with van der Waals surface area (Å²) in [5, 5.41) is 7.84. The van der Waals surface area contributed by atoms with Gasteiger partial charge in [-0.05, 0) is 50.2 Å². The average Bonchev–Trinajstić information content (AvgIpc) is 3.66. The summed E-state index contributed by atoms with van der Waals surface area (Å²) >= 11 is 0. The van der Waals surface area contributed by atoms with Crippen molar-refractivity contribution >= 4 is 22.7 Å². The molecule has 2 amide bonds. The van der Waals surface area contributed by atoms with Gasteiger partial charge in [0.1, 0.15) is 0 Å². The molecule has 1 saturated heterocycles. The van der Waals surface area contributed by atoms with Gasteiger partial charge in [0.2, 0.25) is 11.8 Å². The van der Waals surface area contributed by atoms with E-state index in [-0.39, 0.29) is 29.7 Å². The Morgan fingerprint density at radius 2 is 1.97 bits per heavy atom. The highest BCUT2D eigenvalue weighted by molar-refractivity contribution is 5.85. The zero-order chi connectivity index (χ0) is 24.8. The number of aromatic nitrogens is 1. The van der Waals surface area contributed by atoms with Gasteiger partial charge in [0.15, 0.2) is 0 Å². The number of hydrogen-bond acceptors (Lipinski definition) is 4. The Hall–Kier alpha value is -2.38. The van der Waals surface area contributed by atoms with Crippen molar-refractivity contribution in [3.63, 3.8) is 0 Å². The van der Waals surface area contributed by atoms with Gasteiger partial charge in [-0.15, -0.1) is 0 Å². The van der Waals surface area contributed by atoms with Gasteiger partial charge in [0.05, 0.1) is 5.92 Å². The normalized spacial score (nSPS) is 20.3. The molecule has 0 bridgehead atoms. The van der Waals surface area contributed by atoms with Gasteiger partial charge in [-0.1, -0.05) is 32.0 Å². The monoisotopic (exact) mass is 482 g/mol. The molecule has 2 N–H and O–H groups in total. The maximum atomic E-state index is 13.8. The van der Waals surface area contributed by atoms with Crippen LogP contribution in [0, 0.1) is 11.8 Å². The molecule has 0 spiro atoms. The number of methoxy groups -OCH3 is 1. The van der Waals surface area contributed by atoms with Crippen molar-refractivity contribution in [2.75, 3.05) is 26.8 Å². The van der Waals surface area contributed by atoms with Gasteiger partial charge < -0.3 is 24.8 Å². The Bertz CT molecular complexity index is 995. The second-order valence-electron chi connectivity index (χ2n) is 10.2. The third-order valence-electron chi connectivity index (χ3n) is 7.63. The molecular weight excluding hydrogens is 440 g/mol. The minimum Gasteiger partial charge on any atom is -0.385 e. The number of carbonyl (C=O) groups excluding carboxylic acids is 2. The van der Waals surface area contributed by atoms with Crippen molar-refractivity contribution in [2.24, 2.45) is 11.8 Å². The van der Waals surface area contributed by atoms with Gasteiger partial charge in [-0.3, -0.25) is 9.59 Å². The summed E-state index contributed by atoms with van der Waals surface area (Å²) < 4.78 is 7.54. The highest BCUT2D eigenvalue weighted by Gasteiger charge is 2.38. The molecule has 35 heavy (non-hydrogen) atoms. The molecule has 7 heteroatoms. The first kappa shape index (κ1) is 25.7.